The van der Waals surface area contributed by atoms with E-state index in [1.807, 2.05) is 0 Å². The molecule has 0 aliphatic carbocycles. The molecule has 2 atom stereocenters. The zero-order valence-electron chi connectivity index (χ0n) is 7.34. The Kier molecular flexibility index (Phi) is 4.01. The monoisotopic (exact) mass is 169 g/mol. The second kappa shape index (κ2) is 5.09. The number of hydrogen-bond donors (Lipinski definition) is 2. The van der Waals surface area contributed by atoms with Gasteiger partial charge in [0.05, 0.1) is 18.8 Å². The summed E-state index contributed by atoms with van der Waals surface area (Å²) in [6, 6.07) is 2.33. The molecule has 4 heteroatoms. The SMILES string of the molecule is C1CO[C@H]2CNC[C@@H]2N1.CC#N. The molecule has 0 aromatic carbocycles. The lowest BCUT2D eigenvalue weighted by molar-refractivity contribution is 0.0207. The van der Waals surface area contributed by atoms with Crippen LogP contribution in [0.15, 0.2) is 0 Å². The van der Waals surface area contributed by atoms with Crippen molar-refractivity contribution in [2.45, 2.75) is 19.1 Å². The van der Waals surface area contributed by atoms with Crippen molar-refractivity contribution in [3.05, 3.63) is 0 Å². The summed E-state index contributed by atoms with van der Waals surface area (Å²) in [5.41, 5.74) is 0. The minimum Gasteiger partial charge on any atom is -0.374 e. The van der Waals surface area contributed by atoms with E-state index in [1.54, 1.807) is 6.07 Å². The van der Waals surface area contributed by atoms with Crippen molar-refractivity contribution >= 4 is 0 Å². The van der Waals surface area contributed by atoms with E-state index in [4.69, 9.17) is 10.00 Å². The third kappa shape index (κ3) is 2.45. The first-order chi connectivity index (χ1) is 5.88. The molecule has 12 heavy (non-hydrogen) atoms. The van der Waals surface area contributed by atoms with Gasteiger partial charge in [-0.05, 0) is 0 Å². The van der Waals surface area contributed by atoms with Crippen molar-refractivity contribution in [1.82, 2.24) is 10.6 Å². The van der Waals surface area contributed by atoms with Crippen LogP contribution in [-0.4, -0.2) is 38.4 Å². The lowest BCUT2D eigenvalue weighted by atomic mass is 10.2. The zero-order valence-corrected chi connectivity index (χ0v) is 7.34. The second-order valence-corrected chi connectivity index (χ2v) is 2.85. The molecule has 2 saturated heterocycles. The maximum absolute atomic E-state index is 7.32. The fourth-order valence-electron chi connectivity index (χ4n) is 1.49. The van der Waals surface area contributed by atoms with Gasteiger partial charge in [-0.15, -0.1) is 0 Å². The molecule has 0 aromatic rings. The summed E-state index contributed by atoms with van der Waals surface area (Å²) < 4.78 is 5.48. The Morgan fingerprint density at radius 2 is 2.25 bits per heavy atom. The first-order valence-corrected chi connectivity index (χ1v) is 4.25. The average Bonchev–Trinajstić information content (AvgIpc) is 2.52. The van der Waals surface area contributed by atoms with Crippen LogP contribution in [0.2, 0.25) is 0 Å². The number of ether oxygens (including phenoxy) is 1. The van der Waals surface area contributed by atoms with E-state index in [1.165, 1.54) is 6.92 Å². The number of fused-ring (bicyclic) bond motifs is 1. The highest BCUT2D eigenvalue weighted by Crippen LogP contribution is 2.07. The Morgan fingerprint density at radius 1 is 1.50 bits per heavy atom. The van der Waals surface area contributed by atoms with Crippen molar-refractivity contribution in [2.24, 2.45) is 0 Å². The first kappa shape index (κ1) is 9.46. The van der Waals surface area contributed by atoms with Crippen molar-refractivity contribution in [2.75, 3.05) is 26.2 Å². The van der Waals surface area contributed by atoms with Gasteiger partial charge in [-0.2, -0.15) is 5.26 Å². The summed E-state index contributed by atoms with van der Waals surface area (Å²) in [5, 5.41) is 14.0. The molecule has 0 saturated carbocycles. The molecule has 2 aliphatic rings. The van der Waals surface area contributed by atoms with Gasteiger partial charge >= 0.3 is 0 Å². The minimum absolute atomic E-state index is 0.443. The quantitative estimate of drug-likeness (QED) is 0.512. The topological polar surface area (TPSA) is 57.1 Å². The fourth-order valence-corrected chi connectivity index (χ4v) is 1.49. The van der Waals surface area contributed by atoms with E-state index in [9.17, 15) is 0 Å². The van der Waals surface area contributed by atoms with Crippen LogP contribution in [0.4, 0.5) is 0 Å². The molecule has 0 aromatic heterocycles. The number of nitrogens with one attached hydrogen (secondary N) is 2. The summed E-state index contributed by atoms with van der Waals surface area (Å²) in [5.74, 6) is 0. The van der Waals surface area contributed by atoms with Gasteiger partial charge in [-0.1, -0.05) is 0 Å². The summed E-state index contributed by atoms with van der Waals surface area (Å²) in [6.07, 6.45) is 0.443. The van der Waals surface area contributed by atoms with Crippen LogP contribution in [-0.2, 0) is 4.74 Å². The Balaban J connectivity index is 0.000000213. The zero-order chi connectivity index (χ0) is 8.81. The van der Waals surface area contributed by atoms with Gasteiger partial charge in [-0.25, -0.2) is 0 Å². The van der Waals surface area contributed by atoms with Crippen LogP contribution in [0, 0.1) is 11.3 Å². The van der Waals surface area contributed by atoms with Gasteiger partial charge < -0.3 is 15.4 Å². The van der Waals surface area contributed by atoms with Crippen molar-refractivity contribution in [3.63, 3.8) is 0 Å². The molecule has 0 bridgehead atoms. The van der Waals surface area contributed by atoms with E-state index in [0.717, 1.165) is 26.2 Å². The van der Waals surface area contributed by atoms with Gasteiger partial charge in [0.25, 0.3) is 0 Å². The van der Waals surface area contributed by atoms with Crippen LogP contribution < -0.4 is 10.6 Å². The molecule has 2 N–H and O–H groups in total. The lowest BCUT2D eigenvalue weighted by Crippen LogP contribution is -2.47. The molecule has 2 aliphatic heterocycles. The molecule has 68 valence electrons. The van der Waals surface area contributed by atoms with E-state index in [2.05, 4.69) is 10.6 Å². The molecule has 0 radical (unpaired) electrons. The predicted octanol–water partition coefficient (Wildman–Crippen LogP) is -0.524. The Morgan fingerprint density at radius 3 is 2.92 bits per heavy atom. The molecular weight excluding hydrogens is 154 g/mol. The number of nitrogens with zero attached hydrogens (tertiary/aromatic N) is 1. The van der Waals surface area contributed by atoms with Gasteiger partial charge in [0.2, 0.25) is 0 Å². The average molecular weight is 169 g/mol. The Hall–Kier alpha value is -0.630. The highest BCUT2D eigenvalue weighted by Gasteiger charge is 2.29. The van der Waals surface area contributed by atoms with E-state index < -0.39 is 0 Å². The van der Waals surface area contributed by atoms with Crippen LogP contribution >= 0.6 is 0 Å². The maximum Gasteiger partial charge on any atom is 0.0865 e. The summed E-state index contributed by atoms with van der Waals surface area (Å²) >= 11 is 0. The third-order valence-electron chi connectivity index (χ3n) is 2.00. The van der Waals surface area contributed by atoms with Crippen LogP contribution in [0.5, 0.6) is 0 Å². The van der Waals surface area contributed by atoms with Crippen molar-refractivity contribution < 1.29 is 4.74 Å². The fraction of sp³-hybridized carbons (Fsp3) is 0.875. The van der Waals surface area contributed by atoms with Crippen molar-refractivity contribution in [3.8, 4) is 6.07 Å². The number of rotatable bonds is 0. The summed E-state index contributed by atoms with van der Waals surface area (Å²) in [6.45, 7) is 5.42. The van der Waals surface area contributed by atoms with Gasteiger partial charge in [0.1, 0.15) is 0 Å². The highest BCUT2D eigenvalue weighted by molar-refractivity contribution is 4.89. The van der Waals surface area contributed by atoms with Gasteiger partial charge in [-0.3, -0.25) is 0 Å². The maximum atomic E-state index is 7.32. The van der Waals surface area contributed by atoms with E-state index >= 15 is 0 Å². The second-order valence-electron chi connectivity index (χ2n) is 2.85. The Labute approximate surface area is 72.9 Å². The lowest BCUT2D eigenvalue weighted by Gasteiger charge is -2.25. The third-order valence-corrected chi connectivity index (χ3v) is 2.00. The number of hydrogen-bond acceptors (Lipinski definition) is 4. The number of morpholine rings is 1. The summed E-state index contributed by atoms with van der Waals surface area (Å²) in [7, 11) is 0. The van der Waals surface area contributed by atoms with Crippen LogP contribution in [0.3, 0.4) is 0 Å². The van der Waals surface area contributed by atoms with E-state index in [0.29, 0.717) is 12.1 Å². The molecular formula is C8H15N3O. The normalized spacial score (nSPS) is 32.7. The molecule has 2 fully saturated rings. The molecule has 0 amide bonds. The molecule has 2 heterocycles. The molecule has 0 spiro atoms. The molecule has 4 nitrogen and oxygen atoms in total. The Bertz CT molecular complexity index is 154. The standard InChI is InChI=1S/C6H12N2O.C2H3N/c1-2-9-6-4-7-3-5(6)8-1;1-2-3/h5-8H,1-4H2;1H3/t5-,6-;/m0./s1. The number of nitriles is 1. The molecule has 2 rings (SSSR count). The van der Waals surface area contributed by atoms with Gasteiger partial charge in [0.15, 0.2) is 0 Å². The van der Waals surface area contributed by atoms with Crippen LogP contribution in [0.25, 0.3) is 0 Å². The smallest absolute Gasteiger partial charge is 0.0865 e. The predicted molar refractivity (Wildman–Crippen MR) is 45.7 cm³/mol. The van der Waals surface area contributed by atoms with E-state index in [-0.39, 0.29) is 0 Å². The van der Waals surface area contributed by atoms with Gasteiger partial charge in [0, 0.05) is 32.6 Å². The van der Waals surface area contributed by atoms with Crippen molar-refractivity contribution in [1.29, 1.82) is 5.26 Å². The van der Waals surface area contributed by atoms with Crippen LogP contribution in [0.1, 0.15) is 6.92 Å². The highest BCUT2D eigenvalue weighted by atomic mass is 16.5. The summed E-state index contributed by atoms with van der Waals surface area (Å²) in [4.78, 5) is 0. The minimum atomic E-state index is 0.443. The first-order valence-electron chi connectivity index (χ1n) is 4.25. The largest absolute Gasteiger partial charge is 0.374 e. The molecule has 0 unspecified atom stereocenters.